The van der Waals surface area contributed by atoms with Crippen LogP contribution in [0.4, 0.5) is 0 Å². The van der Waals surface area contributed by atoms with E-state index in [1.54, 1.807) is 0 Å². The van der Waals surface area contributed by atoms with Gasteiger partial charge in [0.1, 0.15) is 0 Å². The molecule has 2 aromatic heterocycles. The molecule has 5 aromatic rings. The van der Waals surface area contributed by atoms with Crippen LogP contribution in [0.25, 0.3) is 39.3 Å². The van der Waals surface area contributed by atoms with Gasteiger partial charge in [-0.2, -0.15) is 9.13 Å². The van der Waals surface area contributed by atoms with Crippen LogP contribution in [0.3, 0.4) is 0 Å². The van der Waals surface area contributed by atoms with Gasteiger partial charge in [-0.1, -0.05) is 66.7 Å². The highest BCUT2D eigenvalue weighted by atomic mass is 32.3. The minimum absolute atomic E-state index is 0.293. The number of fused-ring (bicyclic) bond motifs is 9. The standard InChI is InChI=1S/C39H40N2S/c1-27-14-13-23-40-36-24-28(2)41-26-35(29-15-7-6-8-16-29)38(42(3,4)5)25-37(41)31-18-10-9-17-30(31)21-22-33(36)32-19-11-12-20-34(32)39(27)40/h6-20,23,25-26,33,36H,2,21-22,24H2,1,3-5H3/q+2. The van der Waals surface area contributed by atoms with Crippen molar-refractivity contribution in [2.24, 2.45) is 0 Å². The molecule has 7 rings (SSSR count). The molecule has 0 saturated heterocycles. The highest BCUT2D eigenvalue weighted by Crippen LogP contribution is 2.51. The van der Waals surface area contributed by atoms with Crippen LogP contribution in [0.1, 0.15) is 41.5 Å². The minimum Gasteiger partial charge on any atom is -0.222 e. The largest absolute Gasteiger partial charge is 0.222 e. The van der Waals surface area contributed by atoms with Gasteiger partial charge in [-0.05, 0) is 80.0 Å². The van der Waals surface area contributed by atoms with E-state index in [0.717, 1.165) is 25.0 Å². The quantitative estimate of drug-likeness (QED) is 0.188. The third kappa shape index (κ3) is 4.51. The molecule has 2 aliphatic rings. The van der Waals surface area contributed by atoms with Crippen LogP contribution in [0.5, 0.6) is 0 Å². The summed E-state index contributed by atoms with van der Waals surface area (Å²) >= 11 is 0. The van der Waals surface area contributed by atoms with Crippen LogP contribution in [-0.2, 0) is 6.42 Å². The monoisotopic (exact) mass is 568 g/mol. The van der Waals surface area contributed by atoms with E-state index in [4.69, 9.17) is 6.58 Å². The molecule has 0 radical (unpaired) electrons. The van der Waals surface area contributed by atoms with E-state index in [0.29, 0.717) is 12.0 Å². The summed E-state index contributed by atoms with van der Waals surface area (Å²) in [5.41, 5.74) is 13.3. The van der Waals surface area contributed by atoms with E-state index in [1.165, 1.54) is 55.2 Å². The fourth-order valence-corrected chi connectivity index (χ4v) is 8.57. The molecule has 3 heteroatoms. The van der Waals surface area contributed by atoms with Gasteiger partial charge in [-0.25, -0.2) is 10.0 Å². The van der Waals surface area contributed by atoms with Gasteiger partial charge in [0.25, 0.3) is 0 Å². The van der Waals surface area contributed by atoms with Crippen molar-refractivity contribution >= 4 is 15.7 Å². The van der Waals surface area contributed by atoms with Gasteiger partial charge >= 0.3 is 0 Å². The van der Waals surface area contributed by atoms with Gasteiger partial charge in [0.2, 0.25) is 11.4 Å². The molecule has 2 unspecified atom stereocenters. The summed E-state index contributed by atoms with van der Waals surface area (Å²) in [7, 11) is -1.02. The van der Waals surface area contributed by atoms with Crippen LogP contribution in [0.2, 0.25) is 0 Å². The molecule has 0 amide bonds. The molecule has 4 heterocycles. The van der Waals surface area contributed by atoms with E-state index in [2.05, 4.69) is 144 Å². The van der Waals surface area contributed by atoms with E-state index in [1.807, 2.05) is 0 Å². The Morgan fingerprint density at radius 3 is 2.29 bits per heavy atom. The smallest absolute Gasteiger partial charge is 0.219 e. The van der Waals surface area contributed by atoms with Crippen molar-refractivity contribution < 1.29 is 9.13 Å². The summed E-state index contributed by atoms with van der Waals surface area (Å²) in [5, 5.41) is 0. The average molecular weight is 569 g/mol. The second-order valence-electron chi connectivity index (χ2n) is 12.7. The highest BCUT2D eigenvalue weighted by Gasteiger charge is 2.43. The topological polar surface area (TPSA) is 7.76 Å². The van der Waals surface area contributed by atoms with Gasteiger partial charge in [0.05, 0.1) is 17.5 Å². The number of nitrogens with zero attached hydrogens (tertiary/aromatic N) is 2. The van der Waals surface area contributed by atoms with Gasteiger partial charge in [0.15, 0.2) is 24.1 Å². The zero-order valence-corrected chi connectivity index (χ0v) is 26.0. The zero-order valence-electron chi connectivity index (χ0n) is 25.2. The molecule has 2 atom stereocenters. The third-order valence-electron chi connectivity index (χ3n) is 9.26. The maximum absolute atomic E-state index is 4.83. The molecule has 0 saturated carbocycles. The van der Waals surface area contributed by atoms with Crippen LogP contribution in [0.15, 0.2) is 121 Å². The summed E-state index contributed by atoms with van der Waals surface area (Å²) in [5.74, 6) is 0.402. The zero-order chi connectivity index (χ0) is 29.0. The molecule has 2 nitrogen and oxygen atoms in total. The van der Waals surface area contributed by atoms with Crippen LogP contribution in [0, 0.1) is 6.92 Å². The summed E-state index contributed by atoms with van der Waals surface area (Å²) < 4.78 is 4.99. The predicted molar refractivity (Wildman–Crippen MR) is 178 cm³/mol. The lowest BCUT2D eigenvalue weighted by Gasteiger charge is -2.32. The first-order valence-electron chi connectivity index (χ1n) is 15.0. The highest BCUT2D eigenvalue weighted by molar-refractivity contribution is 8.32. The van der Waals surface area contributed by atoms with E-state index < -0.39 is 10.0 Å². The van der Waals surface area contributed by atoms with Gasteiger partial charge in [-0.3, -0.25) is 0 Å². The van der Waals surface area contributed by atoms with Gasteiger partial charge in [-0.15, -0.1) is 0 Å². The number of hydrogen-bond acceptors (Lipinski definition) is 0. The molecular formula is C39H40N2S+2. The fraction of sp³-hybridized carbons (Fsp3) is 0.231. The molecule has 0 fully saturated rings. The van der Waals surface area contributed by atoms with Crippen molar-refractivity contribution in [3.8, 4) is 33.6 Å². The van der Waals surface area contributed by atoms with E-state index >= 15 is 0 Å². The molecule has 42 heavy (non-hydrogen) atoms. The van der Waals surface area contributed by atoms with E-state index in [9.17, 15) is 0 Å². The maximum Gasteiger partial charge on any atom is 0.219 e. The minimum atomic E-state index is -1.02. The van der Waals surface area contributed by atoms with Crippen molar-refractivity contribution in [2.75, 3.05) is 18.8 Å². The summed E-state index contributed by atoms with van der Waals surface area (Å²) in [4.78, 5) is 1.44. The van der Waals surface area contributed by atoms with Gasteiger partial charge < -0.3 is 0 Å². The Morgan fingerprint density at radius 2 is 1.50 bits per heavy atom. The summed E-state index contributed by atoms with van der Waals surface area (Å²) in [6.07, 6.45) is 15.0. The van der Waals surface area contributed by atoms with Crippen LogP contribution in [-0.4, -0.2) is 18.8 Å². The summed E-state index contributed by atoms with van der Waals surface area (Å²) in [6.45, 7) is 7.08. The normalized spacial score (nSPS) is 18.1. The lowest BCUT2D eigenvalue weighted by molar-refractivity contribution is -0.720. The Balaban J connectivity index is 1.48. The fourth-order valence-electron chi connectivity index (χ4n) is 7.27. The molecule has 3 aromatic carbocycles. The Morgan fingerprint density at radius 1 is 0.786 bits per heavy atom. The second-order valence-corrected chi connectivity index (χ2v) is 16.8. The Labute approximate surface area is 252 Å². The van der Waals surface area contributed by atoms with Crippen LogP contribution >= 0.6 is 10.0 Å². The first-order valence-corrected chi connectivity index (χ1v) is 17.9. The number of pyridine rings is 2. The SMILES string of the molecule is C=C1CC2C(CCc3ccccc3-c3cc(S(C)(C)C)c(-c4ccccc4)c[n+]31)c1ccccc1-c1c(C)ccc[n+]12. The number of benzene rings is 3. The molecule has 210 valence electrons. The maximum atomic E-state index is 4.83. The van der Waals surface area contributed by atoms with Gasteiger partial charge in [0, 0.05) is 34.1 Å². The van der Waals surface area contributed by atoms with Crippen molar-refractivity contribution in [1.29, 1.82) is 0 Å². The summed E-state index contributed by atoms with van der Waals surface area (Å²) in [6, 6.07) is 36.3. The lowest BCUT2D eigenvalue weighted by Crippen LogP contribution is -2.50. The second kappa shape index (κ2) is 10.4. The third-order valence-corrected chi connectivity index (χ3v) is 10.9. The molecular weight excluding hydrogens is 529 g/mol. The molecule has 0 spiro atoms. The van der Waals surface area contributed by atoms with E-state index in [-0.39, 0.29) is 0 Å². The molecule has 2 aliphatic heterocycles. The first-order chi connectivity index (χ1) is 20.3. The number of allylic oxidation sites excluding steroid dienone is 1. The Bertz CT molecular complexity index is 1830. The number of aryl methyl sites for hydroxylation is 2. The van der Waals surface area contributed by atoms with Crippen molar-refractivity contribution in [2.45, 2.75) is 43.0 Å². The number of hydrogen-bond donors (Lipinski definition) is 0. The average Bonchev–Trinajstić information content (AvgIpc) is 3.00. The molecule has 0 N–H and O–H groups in total. The lowest BCUT2D eigenvalue weighted by atomic mass is 9.77. The molecule has 0 bridgehead atoms. The van der Waals surface area contributed by atoms with Crippen LogP contribution < -0.4 is 9.13 Å². The first kappa shape index (κ1) is 26.9. The molecule has 0 aliphatic carbocycles. The number of aromatic nitrogens is 2. The Hall–Kier alpha value is -3.95. The van der Waals surface area contributed by atoms with Crippen molar-refractivity contribution in [3.63, 3.8) is 0 Å². The predicted octanol–water partition coefficient (Wildman–Crippen LogP) is 8.77. The van der Waals surface area contributed by atoms with Crippen molar-refractivity contribution in [1.82, 2.24) is 0 Å². The number of rotatable bonds is 2. The van der Waals surface area contributed by atoms with Crippen molar-refractivity contribution in [3.05, 3.63) is 133 Å². The Kier molecular flexibility index (Phi) is 6.66.